The summed E-state index contributed by atoms with van der Waals surface area (Å²) in [6.07, 6.45) is 2.12. The first-order valence-corrected chi connectivity index (χ1v) is 10.2. The van der Waals surface area contributed by atoms with Gasteiger partial charge in [0, 0.05) is 49.9 Å². The molecule has 0 radical (unpaired) electrons. The molecule has 1 saturated heterocycles. The molecule has 1 aliphatic heterocycles. The third-order valence-corrected chi connectivity index (χ3v) is 5.77. The molecule has 4 rings (SSSR count). The van der Waals surface area contributed by atoms with Crippen LogP contribution in [-0.4, -0.2) is 53.5 Å². The van der Waals surface area contributed by atoms with Crippen LogP contribution in [0.3, 0.4) is 0 Å². The Hall–Kier alpha value is -2.22. The van der Waals surface area contributed by atoms with Gasteiger partial charge in [-0.2, -0.15) is 0 Å². The number of carbonyl (C=O) groups is 1. The van der Waals surface area contributed by atoms with Gasteiger partial charge in [-0.1, -0.05) is 11.6 Å². The highest BCUT2D eigenvalue weighted by atomic mass is 35.5. The maximum atomic E-state index is 12.1. The first kappa shape index (κ1) is 18.2. The van der Waals surface area contributed by atoms with Crippen LogP contribution in [-0.2, 0) is 4.79 Å². The van der Waals surface area contributed by atoms with Crippen LogP contribution in [0.25, 0.3) is 10.2 Å². The Morgan fingerprint density at radius 2 is 1.89 bits per heavy atom. The van der Waals surface area contributed by atoms with Gasteiger partial charge in [-0.3, -0.25) is 9.69 Å². The van der Waals surface area contributed by atoms with Gasteiger partial charge in [0.2, 0.25) is 5.91 Å². The zero-order valence-corrected chi connectivity index (χ0v) is 16.3. The summed E-state index contributed by atoms with van der Waals surface area (Å²) >= 11 is 7.50. The molecule has 1 fully saturated rings. The van der Waals surface area contributed by atoms with Crippen molar-refractivity contribution in [3.8, 4) is 0 Å². The van der Waals surface area contributed by atoms with Crippen LogP contribution in [0.4, 0.5) is 11.5 Å². The highest BCUT2D eigenvalue weighted by molar-refractivity contribution is 7.16. The summed E-state index contributed by atoms with van der Waals surface area (Å²) in [6.45, 7) is 4.40. The maximum Gasteiger partial charge on any atom is 0.225 e. The van der Waals surface area contributed by atoms with Crippen molar-refractivity contribution >= 4 is 50.6 Å². The predicted molar refractivity (Wildman–Crippen MR) is 111 cm³/mol. The van der Waals surface area contributed by atoms with Crippen LogP contribution in [0.1, 0.15) is 6.42 Å². The fourth-order valence-corrected chi connectivity index (χ4v) is 4.08. The largest absolute Gasteiger partial charge is 0.353 e. The highest BCUT2D eigenvalue weighted by Crippen LogP contribution is 2.27. The summed E-state index contributed by atoms with van der Waals surface area (Å²) in [7, 11) is 0. The fraction of sp³-hybridized carbons (Fsp3) is 0.316. The number of hydrogen-bond acceptors (Lipinski definition) is 6. The zero-order valence-electron chi connectivity index (χ0n) is 14.8. The molecule has 2 aromatic heterocycles. The molecule has 1 aromatic carbocycles. The number of carbonyl (C=O) groups excluding carboxylic acids is 1. The normalized spacial score (nSPS) is 15.2. The molecule has 0 saturated carbocycles. The number of aromatic nitrogens is 2. The van der Waals surface area contributed by atoms with Gasteiger partial charge in [0.15, 0.2) is 0 Å². The van der Waals surface area contributed by atoms with Gasteiger partial charge in [0.25, 0.3) is 0 Å². The molecule has 0 aliphatic carbocycles. The number of piperazine rings is 1. The number of rotatable bonds is 5. The molecule has 1 amide bonds. The van der Waals surface area contributed by atoms with Crippen molar-refractivity contribution in [2.24, 2.45) is 0 Å². The van der Waals surface area contributed by atoms with E-state index in [0.29, 0.717) is 11.4 Å². The van der Waals surface area contributed by atoms with Gasteiger partial charge in [-0.25, -0.2) is 9.97 Å². The lowest BCUT2D eigenvalue weighted by Gasteiger charge is -2.35. The van der Waals surface area contributed by atoms with Crippen LogP contribution < -0.4 is 10.2 Å². The number of anilines is 2. The van der Waals surface area contributed by atoms with Crippen molar-refractivity contribution in [3.05, 3.63) is 47.1 Å². The second kappa shape index (κ2) is 8.21. The Balaban J connectivity index is 1.26. The Kier molecular flexibility index (Phi) is 5.52. The van der Waals surface area contributed by atoms with Gasteiger partial charge in [0.1, 0.15) is 17.0 Å². The second-order valence-electron chi connectivity index (χ2n) is 6.47. The Morgan fingerprint density at radius 1 is 1.11 bits per heavy atom. The number of thiophene rings is 1. The number of nitrogens with zero attached hydrogens (tertiary/aromatic N) is 4. The first-order valence-electron chi connectivity index (χ1n) is 8.90. The van der Waals surface area contributed by atoms with E-state index in [2.05, 4.69) is 36.5 Å². The first-order chi connectivity index (χ1) is 13.2. The predicted octanol–water partition coefficient (Wildman–Crippen LogP) is 3.50. The van der Waals surface area contributed by atoms with Gasteiger partial charge in [-0.15, -0.1) is 11.3 Å². The van der Waals surface area contributed by atoms with E-state index in [4.69, 9.17) is 11.6 Å². The van der Waals surface area contributed by atoms with Crippen LogP contribution >= 0.6 is 22.9 Å². The van der Waals surface area contributed by atoms with Crippen molar-refractivity contribution in [1.82, 2.24) is 14.9 Å². The summed E-state index contributed by atoms with van der Waals surface area (Å²) in [5.41, 5.74) is 0.776. The van der Waals surface area contributed by atoms with Crippen molar-refractivity contribution < 1.29 is 4.79 Å². The molecule has 3 heterocycles. The molecular weight excluding hydrogens is 382 g/mol. The number of nitrogens with one attached hydrogen (secondary N) is 1. The average molecular weight is 402 g/mol. The minimum absolute atomic E-state index is 0.0236. The standard InChI is InChI=1S/C19H20ClN5OS/c20-14-1-3-15(4-2-14)23-17(26)5-7-24-8-10-25(11-9-24)18-16-6-12-27-19(16)22-13-21-18/h1-4,6,12-13H,5,7-11H2,(H,23,26). The molecule has 3 aromatic rings. The number of amides is 1. The Bertz CT molecular complexity index is 921. The van der Waals surface area contributed by atoms with E-state index >= 15 is 0 Å². The lowest BCUT2D eigenvalue weighted by Crippen LogP contribution is -2.47. The molecule has 27 heavy (non-hydrogen) atoms. The number of fused-ring (bicyclic) bond motifs is 1. The molecule has 0 atom stereocenters. The van der Waals surface area contributed by atoms with Gasteiger partial charge in [-0.05, 0) is 35.7 Å². The lowest BCUT2D eigenvalue weighted by atomic mass is 10.2. The fourth-order valence-electron chi connectivity index (χ4n) is 3.23. The van der Waals surface area contributed by atoms with E-state index in [1.165, 1.54) is 0 Å². The third kappa shape index (κ3) is 4.37. The average Bonchev–Trinajstić information content (AvgIpc) is 3.17. The smallest absolute Gasteiger partial charge is 0.225 e. The molecule has 1 aliphatic rings. The van der Waals surface area contributed by atoms with Gasteiger partial charge in [0.05, 0.1) is 5.39 Å². The van der Waals surface area contributed by atoms with E-state index in [-0.39, 0.29) is 5.91 Å². The van der Waals surface area contributed by atoms with Crippen LogP contribution in [0, 0.1) is 0 Å². The molecule has 0 bridgehead atoms. The van der Waals surface area contributed by atoms with Crippen molar-refractivity contribution in [1.29, 1.82) is 0 Å². The van der Waals surface area contributed by atoms with Crippen LogP contribution in [0.5, 0.6) is 0 Å². The minimum Gasteiger partial charge on any atom is -0.353 e. The van der Waals surface area contributed by atoms with Crippen LogP contribution in [0.2, 0.25) is 5.02 Å². The Labute approximate surface area is 166 Å². The van der Waals surface area contributed by atoms with Crippen molar-refractivity contribution in [3.63, 3.8) is 0 Å². The molecular formula is C19H20ClN5OS. The maximum absolute atomic E-state index is 12.1. The van der Waals surface area contributed by atoms with E-state index in [1.807, 2.05) is 12.1 Å². The number of halogens is 1. The van der Waals surface area contributed by atoms with Gasteiger partial charge >= 0.3 is 0 Å². The molecule has 0 spiro atoms. The molecule has 140 valence electrons. The van der Waals surface area contributed by atoms with E-state index in [9.17, 15) is 4.79 Å². The monoisotopic (exact) mass is 401 g/mol. The molecule has 6 nitrogen and oxygen atoms in total. The SMILES string of the molecule is O=C(CCN1CCN(c2ncnc3sccc23)CC1)Nc1ccc(Cl)cc1. The summed E-state index contributed by atoms with van der Waals surface area (Å²) in [5, 5.41) is 6.75. The van der Waals surface area contributed by atoms with E-state index in [0.717, 1.165) is 54.4 Å². The highest BCUT2D eigenvalue weighted by Gasteiger charge is 2.20. The van der Waals surface area contributed by atoms with Crippen molar-refractivity contribution in [2.75, 3.05) is 42.9 Å². The molecule has 8 heteroatoms. The van der Waals surface area contributed by atoms with E-state index < -0.39 is 0 Å². The summed E-state index contributed by atoms with van der Waals surface area (Å²) in [6, 6.07) is 9.25. The minimum atomic E-state index is 0.0236. The second-order valence-corrected chi connectivity index (χ2v) is 7.80. The molecule has 1 N–H and O–H groups in total. The molecule has 0 unspecified atom stereocenters. The quantitative estimate of drug-likeness (QED) is 0.709. The summed E-state index contributed by atoms with van der Waals surface area (Å²) in [4.78, 5) is 26.6. The van der Waals surface area contributed by atoms with Crippen LogP contribution in [0.15, 0.2) is 42.0 Å². The lowest BCUT2D eigenvalue weighted by molar-refractivity contribution is -0.116. The summed E-state index contributed by atoms with van der Waals surface area (Å²) in [5.74, 6) is 1.04. The summed E-state index contributed by atoms with van der Waals surface area (Å²) < 4.78 is 0. The zero-order chi connectivity index (χ0) is 18.6. The topological polar surface area (TPSA) is 61.4 Å². The third-order valence-electron chi connectivity index (χ3n) is 4.70. The van der Waals surface area contributed by atoms with E-state index in [1.54, 1.807) is 29.8 Å². The van der Waals surface area contributed by atoms with Crippen molar-refractivity contribution in [2.45, 2.75) is 6.42 Å². The van der Waals surface area contributed by atoms with Gasteiger partial charge < -0.3 is 10.2 Å². The number of hydrogen-bond donors (Lipinski definition) is 1. The Morgan fingerprint density at radius 3 is 2.67 bits per heavy atom. The number of benzene rings is 1.